The molecule has 0 aliphatic carbocycles. The molecular formula is C28H34N2O6. The number of quaternary nitrogens is 1. The molecule has 0 saturated carbocycles. The number of hydrogen-bond acceptors (Lipinski definition) is 6. The first-order chi connectivity index (χ1) is 17.5. The van der Waals surface area contributed by atoms with Crippen molar-refractivity contribution in [2.75, 3.05) is 46.0 Å². The number of rotatable bonds is 10. The largest absolute Gasteiger partial charge is 0.872 e. The molecule has 8 nitrogen and oxygen atoms in total. The Morgan fingerprint density at radius 1 is 1.06 bits per heavy atom. The minimum atomic E-state index is -0.786. The van der Waals surface area contributed by atoms with E-state index in [0.717, 1.165) is 19.5 Å². The lowest BCUT2D eigenvalue weighted by Crippen LogP contribution is -3.12. The van der Waals surface area contributed by atoms with Gasteiger partial charge in [-0.05, 0) is 55.7 Å². The summed E-state index contributed by atoms with van der Waals surface area (Å²) in [6.45, 7) is 10.4. The number of fused-ring (bicyclic) bond motifs is 1. The van der Waals surface area contributed by atoms with E-state index in [4.69, 9.17) is 14.2 Å². The molecule has 1 saturated heterocycles. The summed E-state index contributed by atoms with van der Waals surface area (Å²) in [5, 5.41) is 13.8. The molecule has 2 aromatic carbocycles. The van der Waals surface area contributed by atoms with E-state index in [9.17, 15) is 14.7 Å². The van der Waals surface area contributed by atoms with E-state index in [1.165, 1.54) is 9.80 Å². The van der Waals surface area contributed by atoms with Crippen molar-refractivity contribution in [2.45, 2.75) is 33.2 Å². The number of ketones is 1. The quantitative estimate of drug-likeness (QED) is 0.305. The molecule has 2 aliphatic heterocycles. The summed E-state index contributed by atoms with van der Waals surface area (Å²) in [4.78, 5) is 29.4. The van der Waals surface area contributed by atoms with E-state index in [1.807, 2.05) is 31.2 Å². The fourth-order valence-electron chi connectivity index (χ4n) is 4.66. The van der Waals surface area contributed by atoms with Gasteiger partial charge < -0.3 is 29.1 Å². The van der Waals surface area contributed by atoms with Crippen molar-refractivity contribution in [3.63, 3.8) is 0 Å². The van der Waals surface area contributed by atoms with Crippen molar-refractivity contribution in [1.82, 2.24) is 4.90 Å². The lowest BCUT2D eigenvalue weighted by atomic mass is 9.95. The first-order valence-corrected chi connectivity index (χ1v) is 12.7. The average molecular weight is 495 g/mol. The number of Topliss-reactive ketones (excluding diaryl/α,β-unsaturated/α-hetero) is 1. The van der Waals surface area contributed by atoms with Crippen molar-refractivity contribution in [1.29, 1.82) is 0 Å². The second-order valence-corrected chi connectivity index (χ2v) is 8.96. The SMILES string of the molecule is CCCOc1cccc(C2C(=C([O-])c3ccc4c(c3)OCCO4)C(=O)C(=O)N2CC[NH+](CC)CC)c1. The zero-order valence-electron chi connectivity index (χ0n) is 21.2. The lowest BCUT2D eigenvalue weighted by molar-refractivity contribution is -0.895. The second-order valence-electron chi connectivity index (χ2n) is 8.96. The highest BCUT2D eigenvalue weighted by Gasteiger charge is 2.44. The zero-order valence-corrected chi connectivity index (χ0v) is 21.2. The Morgan fingerprint density at radius 3 is 2.53 bits per heavy atom. The van der Waals surface area contributed by atoms with Gasteiger partial charge in [0.2, 0.25) is 5.78 Å². The van der Waals surface area contributed by atoms with Crippen LogP contribution in [0, 0.1) is 0 Å². The molecule has 2 aromatic rings. The number of carbonyl (C=O) groups excluding carboxylic acids is 2. The minimum absolute atomic E-state index is 0.0427. The number of likely N-dealkylation sites (tertiary alicyclic amines) is 1. The van der Waals surface area contributed by atoms with Crippen molar-refractivity contribution in [3.8, 4) is 17.2 Å². The van der Waals surface area contributed by atoms with Crippen molar-refractivity contribution in [3.05, 3.63) is 59.2 Å². The molecule has 1 N–H and O–H groups in total. The minimum Gasteiger partial charge on any atom is -0.872 e. The summed E-state index contributed by atoms with van der Waals surface area (Å²) in [5.41, 5.74) is 0.923. The van der Waals surface area contributed by atoms with Crippen LogP contribution in [-0.2, 0) is 9.59 Å². The van der Waals surface area contributed by atoms with Crippen molar-refractivity contribution < 1.29 is 33.8 Å². The highest BCUT2D eigenvalue weighted by molar-refractivity contribution is 6.46. The Kier molecular flexibility index (Phi) is 8.15. The first kappa shape index (κ1) is 25.6. The normalized spacial score (nSPS) is 18.7. The molecule has 1 amide bonds. The zero-order chi connectivity index (χ0) is 25.7. The molecule has 1 unspecified atom stereocenters. The summed E-state index contributed by atoms with van der Waals surface area (Å²) in [7, 11) is 0. The molecule has 0 spiro atoms. The maximum Gasteiger partial charge on any atom is 0.295 e. The van der Waals surface area contributed by atoms with E-state index in [-0.39, 0.29) is 11.1 Å². The van der Waals surface area contributed by atoms with Crippen LogP contribution in [0.15, 0.2) is 48.0 Å². The number of nitrogens with one attached hydrogen (secondary N) is 1. The van der Waals surface area contributed by atoms with E-state index in [1.54, 1.807) is 18.2 Å². The fourth-order valence-corrected chi connectivity index (χ4v) is 4.66. The second kappa shape index (κ2) is 11.5. The average Bonchev–Trinajstić information content (AvgIpc) is 3.17. The number of likely N-dealkylation sites (N-methyl/N-ethyl adjacent to an activating group) is 1. The standard InChI is InChI=1S/C28H34N2O6/c1-4-14-34-21-9-7-8-19(17-21)25-24(27(32)28(33)30(25)13-12-29(5-2)6-3)26(31)20-10-11-22-23(18-20)36-16-15-35-22/h7-11,17-18,25,31H,4-6,12-16H2,1-3H3. The molecule has 0 aromatic heterocycles. The lowest BCUT2D eigenvalue weighted by Gasteiger charge is -2.29. The smallest absolute Gasteiger partial charge is 0.295 e. The molecule has 0 bridgehead atoms. The molecule has 8 heteroatoms. The maximum absolute atomic E-state index is 13.8. The van der Waals surface area contributed by atoms with Gasteiger partial charge in [0.25, 0.3) is 5.91 Å². The van der Waals surface area contributed by atoms with Crippen LogP contribution in [-0.4, -0.2) is 62.6 Å². The van der Waals surface area contributed by atoms with Gasteiger partial charge in [-0.3, -0.25) is 9.59 Å². The molecule has 0 radical (unpaired) electrons. The Bertz CT molecular complexity index is 1140. The van der Waals surface area contributed by atoms with Gasteiger partial charge in [-0.15, -0.1) is 0 Å². The number of carbonyl (C=O) groups is 2. The van der Waals surface area contributed by atoms with Crippen LogP contribution in [0.4, 0.5) is 0 Å². The Balaban J connectivity index is 1.78. The van der Waals surface area contributed by atoms with E-state index in [2.05, 4.69) is 13.8 Å². The number of benzene rings is 2. The van der Waals surface area contributed by atoms with Crippen LogP contribution >= 0.6 is 0 Å². The highest BCUT2D eigenvalue weighted by atomic mass is 16.6. The van der Waals surface area contributed by atoms with E-state index < -0.39 is 23.5 Å². The fraction of sp³-hybridized carbons (Fsp3) is 0.429. The third kappa shape index (κ3) is 5.18. The molecule has 4 rings (SSSR count). The Hall–Kier alpha value is -3.52. The van der Waals surface area contributed by atoms with Crippen LogP contribution < -0.4 is 24.2 Å². The van der Waals surface area contributed by atoms with Crippen molar-refractivity contribution in [2.24, 2.45) is 0 Å². The highest BCUT2D eigenvalue weighted by Crippen LogP contribution is 2.40. The molecule has 36 heavy (non-hydrogen) atoms. The van der Waals surface area contributed by atoms with Gasteiger partial charge in [-0.2, -0.15) is 0 Å². The Labute approximate surface area is 212 Å². The van der Waals surface area contributed by atoms with Gasteiger partial charge >= 0.3 is 0 Å². The maximum atomic E-state index is 13.8. The van der Waals surface area contributed by atoms with E-state index in [0.29, 0.717) is 55.7 Å². The summed E-state index contributed by atoms with van der Waals surface area (Å²) >= 11 is 0. The van der Waals surface area contributed by atoms with Gasteiger partial charge in [0.05, 0.1) is 38.8 Å². The molecule has 2 aliphatic rings. The number of hydrogen-bond donors (Lipinski definition) is 1. The van der Waals surface area contributed by atoms with Gasteiger partial charge in [-0.25, -0.2) is 0 Å². The van der Waals surface area contributed by atoms with Crippen LogP contribution in [0.3, 0.4) is 0 Å². The van der Waals surface area contributed by atoms with Crippen LogP contribution in [0.5, 0.6) is 17.2 Å². The summed E-state index contributed by atoms with van der Waals surface area (Å²) in [6.07, 6.45) is 0.851. The Morgan fingerprint density at radius 2 is 1.81 bits per heavy atom. The molecular weight excluding hydrogens is 460 g/mol. The van der Waals surface area contributed by atoms with Crippen LogP contribution in [0.1, 0.15) is 44.4 Å². The monoisotopic (exact) mass is 494 g/mol. The summed E-state index contributed by atoms with van der Waals surface area (Å²) in [5.74, 6) is -0.230. The van der Waals surface area contributed by atoms with Gasteiger partial charge in [-0.1, -0.05) is 30.9 Å². The number of amides is 1. The molecule has 1 atom stereocenters. The van der Waals surface area contributed by atoms with Crippen LogP contribution in [0.25, 0.3) is 5.76 Å². The molecule has 1 fully saturated rings. The first-order valence-electron chi connectivity index (χ1n) is 12.7. The van der Waals surface area contributed by atoms with E-state index >= 15 is 0 Å². The predicted molar refractivity (Wildman–Crippen MR) is 133 cm³/mol. The molecule has 2 heterocycles. The van der Waals surface area contributed by atoms with Gasteiger partial charge in [0, 0.05) is 5.57 Å². The van der Waals surface area contributed by atoms with Gasteiger partial charge in [0.15, 0.2) is 11.5 Å². The van der Waals surface area contributed by atoms with Gasteiger partial charge in [0.1, 0.15) is 19.0 Å². The summed E-state index contributed by atoms with van der Waals surface area (Å²) < 4.78 is 17.0. The third-order valence-electron chi connectivity index (χ3n) is 6.69. The van der Waals surface area contributed by atoms with Crippen LogP contribution in [0.2, 0.25) is 0 Å². The number of ether oxygens (including phenoxy) is 3. The topological polar surface area (TPSA) is 92.6 Å². The van der Waals surface area contributed by atoms with Crippen molar-refractivity contribution >= 4 is 17.4 Å². The third-order valence-corrected chi connectivity index (χ3v) is 6.69. The predicted octanol–water partition coefficient (Wildman–Crippen LogP) is 1.40. The summed E-state index contributed by atoms with van der Waals surface area (Å²) in [6, 6.07) is 11.4. The number of nitrogens with zero attached hydrogens (tertiary/aromatic N) is 1. The molecule has 192 valence electrons.